The molecule has 2 aliphatic carbocycles. The van der Waals surface area contributed by atoms with Crippen molar-refractivity contribution in [3.63, 3.8) is 0 Å². The van der Waals surface area contributed by atoms with Gasteiger partial charge in [-0.25, -0.2) is 0 Å². The molecule has 0 spiro atoms. The fourth-order valence-electron chi connectivity index (χ4n) is 3.16. The molecule has 1 heteroatoms. The Morgan fingerprint density at radius 2 is 1.83 bits per heavy atom. The quantitative estimate of drug-likeness (QED) is 0.728. The van der Waals surface area contributed by atoms with Crippen LogP contribution in [0.1, 0.15) is 19.4 Å². The van der Waals surface area contributed by atoms with Gasteiger partial charge < -0.3 is 0 Å². The average molecular weight is 236 g/mol. The normalized spacial score (nSPS) is 29.9. The summed E-state index contributed by atoms with van der Waals surface area (Å²) in [7, 11) is 0. The summed E-state index contributed by atoms with van der Waals surface area (Å²) in [5.41, 5.74) is 2.75. The fraction of sp³-hybridized carbons (Fsp3) is 0.235. The lowest BCUT2D eigenvalue weighted by Gasteiger charge is -2.31. The third kappa shape index (κ3) is 1.30. The predicted molar refractivity (Wildman–Crippen MR) is 73.3 cm³/mol. The molecule has 1 aromatic carbocycles. The maximum atomic E-state index is 12.7. The van der Waals surface area contributed by atoms with E-state index in [9.17, 15) is 4.79 Å². The van der Waals surface area contributed by atoms with Crippen LogP contribution in [-0.4, -0.2) is 5.78 Å². The Bertz CT molecular complexity index is 589. The van der Waals surface area contributed by atoms with Gasteiger partial charge in [0.1, 0.15) is 0 Å². The van der Waals surface area contributed by atoms with Crippen molar-refractivity contribution < 1.29 is 4.79 Å². The van der Waals surface area contributed by atoms with Crippen LogP contribution in [0.15, 0.2) is 65.8 Å². The molecular weight excluding hydrogens is 220 g/mol. The lowest BCUT2D eigenvalue weighted by Crippen LogP contribution is -2.35. The second-order valence-corrected chi connectivity index (χ2v) is 5.20. The first-order valence-corrected chi connectivity index (χ1v) is 6.31. The van der Waals surface area contributed by atoms with Gasteiger partial charge in [0.05, 0.1) is 5.41 Å². The standard InChI is InChI=1S/C17H16O/c1-12-14-10-6-7-11-15(14)17(2,16(12)18)13-8-4-3-5-9-13/h3-11,15H,1-2H3/t15-,17-/m1/s1. The zero-order valence-corrected chi connectivity index (χ0v) is 10.7. The van der Waals surface area contributed by atoms with E-state index in [0.717, 1.165) is 11.1 Å². The zero-order valence-electron chi connectivity index (χ0n) is 10.7. The van der Waals surface area contributed by atoms with Crippen LogP contribution in [0.2, 0.25) is 0 Å². The van der Waals surface area contributed by atoms with Crippen molar-refractivity contribution in [2.24, 2.45) is 5.92 Å². The molecule has 0 aromatic heterocycles. The SMILES string of the molecule is CC1=C2C=CC=C[C@H]2[C@@](C)(c2ccccc2)C1=O. The number of ketones is 1. The molecule has 90 valence electrons. The van der Waals surface area contributed by atoms with Crippen molar-refractivity contribution in [3.05, 3.63) is 71.3 Å². The molecular formula is C17H16O. The summed E-state index contributed by atoms with van der Waals surface area (Å²) in [6.45, 7) is 4.01. The summed E-state index contributed by atoms with van der Waals surface area (Å²) in [5, 5.41) is 0. The molecule has 0 aliphatic heterocycles. The van der Waals surface area contributed by atoms with Crippen LogP contribution in [0, 0.1) is 5.92 Å². The molecule has 3 rings (SSSR count). The number of benzene rings is 1. The van der Waals surface area contributed by atoms with Crippen LogP contribution in [0.5, 0.6) is 0 Å². The molecule has 0 bridgehead atoms. The van der Waals surface area contributed by atoms with E-state index in [1.165, 1.54) is 5.57 Å². The largest absolute Gasteiger partial charge is 0.294 e. The Kier molecular flexibility index (Phi) is 2.37. The Balaban J connectivity index is 2.18. The van der Waals surface area contributed by atoms with Crippen molar-refractivity contribution >= 4 is 5.78 Å². The van der Waals surface area contributed by atoms with E-state index in [1.54, 1.807) is 0 Å². The highest BCUT2D eigenvalue weighted by atomic mass is 16.1. The van der Waals surface area contributed by atoms with Crippen LogP contribution in [0.3, 0.4) is 0 Å². The summed E-state index contributed by atoms with van der Waals surface area (Å²) in [5.74, 6) is 0.433. The minimum atomic E-state index is -0.443. The predicted octanol–water partition coefficient (Wildman–Crippen LogP) is 3.59. The Hall–Kier alpha value is -1.89. The summed E-state index contributed by atoms with van der Waals surface area (Å²) in [6, 6.07) is 10.1. The van der Waals surface area contributed by atoms with Gasteiger partial charge in [-0.05, 0) is 30.6 Å². The molecule has 1 aromatic rings. The maximum Gasteiger partial charge on any atom is 0.170 e. The number of rotatable bonds is 1. The molecule has 0 saturated heterocycles. The molecule has 0 amide bonds. The lowest BCUT2D eigenvalue weighted by atomic mass is 9.70. The maximum absolute atomic E-state index is 12.7. The van der Waals surface area contributed by atoms with Gasteiger partial charge in [-0.1, -0.05) is 54.6 Å². The van der Waals surface area contributed by atoms with Crippen LogP contribution >= 0.6 is 0 Å². The molecule has 0 unspecified atom stereocenters. The van der Waals surface area contributed by atoms with E-state index < -0.39 is 5.41 Å². The Morgan fingerprint density at radius 1 is 1.11 bits per heavy atom. The van der Waals surface area contributed by atoms with Gasteiger partial charge in [0.2, 0.25) is 0 Å². The summed E-state index contributed by atoms with van der Waals surface area (Å²) in [4.78, 5) is 12.7. The van der Waals surface area contributed by atoms with Gasteiger partial charge in [-0.3, -0.25) is 4.79 Å². The first-order valence-electron chi connectivity index (χ1n) is 6.31. The van der Waals surface area contributed by atoms with E-state index in [4.69, 9.17) is 0 Å². The Labute approximate surface area is 108 Å². The van der Waals surface area contributed by atoms with E-state index in [2.05, 4.69) is 31.2 Å². The molecule has 0 heterocycles. The minimum Gasteiger partial charge on any atom is -0.294 e. The second kappa shape index (κ2) is 3.81. The molecule has 18 heavy (non-hydrogen) atoms. The lowest BCUT2D eigenvalue weighted by molar-refractivity contribution is -0.120. The monoisotopic (exact) mass is 236 g/mol. The topological polar surface area (TPSA) is 17.1 Å². The van der Waals surface area contributed by atoms with Crippen molar-refractivity contribution in [3.8, 4) is 0 Å². The minimum absolute atomic E-state index is 0.178. The number of fused-ring (bicyclic) bond motifs is 1. The molecule has 0 N–H and O–H groups in total. The number of carbonyl (C=O) groups is 1. The number of allylic oxidation sites excluding steroid dienone is 6. The van der Waals surface area contributed by atoms with E-state index >= 15 is 0 Å². The van der Waals surface area contributed by atoms with E-state index in [0.29, 0.717) is 0 Å². The van der Waals surface area contributed by atoms with E-state index in [1.807, 2.05) is 37.3 Å². The molecule has 1 nitrogen and oxygen atoms in total. The van der Waals surface area contributed by atoms with Crippen LogP contribution in [0.25, 0.3) is 0 Å². The Morgan fingerprint density at radius 3 is 2.56 bits per heavy atom. The second-order valence-electron chi connectivity index (χ2n) is 5.20. The summed E-state index contributed by atoms with van der Waals surface area (Å²) < 4.78 is 0. The zero-order chi connectivity index (χ0) is 12.8. The van der Waals surface area contributed by atoms with Crippen molar-refractivity contribution in [1.29, 1.82) is 0 Å². The number of Topliss-reactive ketones (excluding diaryl/α,β-unsaturated/α-hetero) is 1. The van der Waals surface area contributed by atoms with Crippen molar-refractivity contribution in [2.75, 3.05) is 0 Å². The van der Waals surface area contributed by atoms with Crippen LogP contribution in [-0.2, 0) is 10.2 Å². The molecule has 0 fully saturated rings. The highest BCUT2D eigenvalue weighted by Crippen LogP contribution is 2.48. The number of hydrogen-bond donors (Lipinski definition) is 0. The van der Waals surface area contributed by atoms with Crippen LogP contribution in [0.4, 0.5) is 0 Å². The molecule has 2 aliphatic rings. The highest BCUT2D eigenvalue weighted by molar-refractivity contribution is 6.08. The number of carbonyl (C=O) groups excluding carboxylic acids is 1. The number of hydrogen-bond acceptors (Lipinski definition) is 1. The van der Waals surface area contributed by atoms with Crippen LogP contribution < -0.4 is 0 Å². The van der Waals surface area contributed by atoms with Gasteiger partial charge >= 0.3 is 0 Å². The smallest absolute Gasteiger partial charge is 0.170 e. The summed E-state index contributed by atoms with van der Waals surface area (Å²) in [6.07, 6.45) is 8.28. The first-order chi connectivity index (χ1) is 8.65. The first kappa shape index (κ1) is 11.2. The van der Waals surface area contributed by atoms with Gasteiger partial charge in [0.15, 0.2) is 5.78 Å². The van der Waals surface area contributed by atoms with Gasteiger partial charge in [-0.15, -0.1) is 0 Å². The van der Waals surface area contributed by atoms with Gasteiger partial charge in [0.25, 0.3) is 0 Å². The molecule has 2 atom stereocenters. The van der Waals surface area contributed by atoms with Crippen molar-refractivity contribution in [2.45, 2.75) is 19.3 Å². The van der Waals surface area contributed by atoms with Gasteiger partial charge in [0, 0.05) is 5.92 Å². The molecule has 0 saturated carbocycles. The fourth-order valence-corrected chi connectivity index (χ4v) is 3.16. The van der Waals surface area contributed by atoms with E-state index in [-0.39, 0.29) is 11.7 Å². The molecule has 0 radical (unpaired) electrons. The van der Waals surface area contributed by atoms with Crippen molar-refractivity contribution in [1.82, 2.24) is 0 Å². The highest BCUT2D eigenvalue weighted by Gasteiger charge is 2.49. The average Bonchev–Trinajstić information content (AvgIpc) is 2.64. The summed E-state index contributed by atoms with van der Waals surface area (Å²) >= 11 is 0. The third-order valence-electron chi connectivity index (χ3n) is 4.27. The third-order valence-corrected chi connectivity index (χ3v) is 4.27. The van der Waals surface area contributed by atoms with Gasteiger partial charge in [-0.2, -0.15) is 0 Å².